The van der Waals surface area contributed by atoms with E-state index in [2.05, 4.69) is 0 Å². The molecule has 128 valence electrons. The Bertz CT molecular complexity index is 674. The highest BCUT2D eigenvalue weighted by molar-refractivity contribution is 6.30. The second kappa shape index (κ2) is 6.98. The third kappa shape index (κ3) is 2.95. The lowest BCUT2D eigenvalue weighted by Gasteiger charge is -2.36. The Labute approximate surface area is 147 Å². The topological polar surface area (TPSA) is 57.6 Å². The summed E-state index contributed by atoms with van der Waals surface area (Å²) in [6.07, 6.45) is 5.40. The van der Waals surface area contributed by atoms with E-state index < -0.39 is 11.9 Å². The van der Waals surface area contributed by atoms with Gasteiger partial charge in [-0.05, 0) is 30.5 Å². The molecule has 3 rings (SSSR count). The molecule has 1 saturated carbocycles. The van der Waals surface area contributed by atoms with Crippen LogP contribution < -0.4 is 0 Å². The van der Waals surface area contributed by atoms with Crippen LogP contribution in [0.3, 0.4) is 0 Å². The predicted octanol–water partition coefficient (Wildman–Crippen LogP) is 4.35. The largest absolute Gasteiger partial charge is 0.503 e. The Kier molecular flexibility index (Phi) is 4.95. The van der Waals surface area contributed by atoms with Crippen molar-refractivity contribution in [2.24, 2.45) is 0 Å². The van der Waals surface area contributed by atoms with Gasteiger partial charge in [0.05, 0.1) is 11.6 Å². The van der Waals surface area contributed by atoms with Crippen molar-refractivity contribution in [3.63, 3.8) is 0 Å². The third-order valence-corrected chi connectivity index (χ3v) is 5.27. The smallest absolute Gasteiger partial charge is 0.290 e. The maximum absolute atomic E-state index is 12.7. The van der Waals surface area contributed by atoms with E-state index in [1.165, 1.54) is 6.42 Å². The Morgan fingerprint density at radius 1 is 1.21 bits per heavy atom. The molecule has 0 aromatic heterocycles. The van der Waals surface area contributed by atoms with Crippen LogP contribution in [0, 0.1) is 0 Å². The SMILES string of the molecule is CCC(=O)C1=C(O)C(=O)N(C2CCCCC2)C1c1ccc(Cl)cc1. The van der Waals surface area contributed by atoms with E-state index in [1.54, 1.807) is 24.0 Å². The molecule has 1 heterocycles. The van der Waals surface area contributed by atoms with E-state index in [0.717, 1.165) is 31.2 Å². The number of carbonyl (C=O) groups is 2. The molecular weight excluding hydrogens is 326 g/mol. The Balaban J connectivity index is 2.05. The first-order valence-corrected chi connectivity index (χ1v) is 8.96. The first-order valence-electron chi connectivity index (χ1n) is 8.59. The maximum atomic E-state index is 12.7. The molecule has 4 nitrogen and oxygen atoms in total. The van der Waals surface area contributed by atoms with E-state index in [1.807, 2.05) is 12.1 Å². The summed E-state index contributed by atoms with van der Waals surface area (Å²) in [5, 5.41) is 11.0. The fourth-order valence-electron chi connectivity index (χ4n) is 3.81. The van der Waals surface area contributed by atoms with E-state index >= 15 is 0 Å². The molecular formula is C19H22ClNO3. The highest BCUT2D eigenvalue weighted by Gasteiger charge is 2.45. The number of nitrogens with zero attached hydrogens (tertiary/aromatic N) is 1. The number of amides is 1. The summed E-state index contributed by atoms with van der Waals surface area (Å²) in [4.78, 5) is 26.9. The van der Waals surface area contributed by atoms with Gasteiger partial charge in [-0.2, -0.15) is 0 Å². The standard InChI is InChI=1S/C19H22ClNO3/c1-2-15(22)16-17(12-8-10-13(20)11-9-12)21(19(24)18(16)23)14-6-4-3-5-7-14/h8-11,14,17,23H,2-7H2,1H3. The summed E-state index contributed by atoms with van der Waals surface area (Å²) in [7, 11) is 0. The zero-order valence-electron chi connectivity index (χ0n) is 13.8. The monoisotopic (exact) mass is 347 g/mol. The minimum Gasteiger partial charge on any atom is -0.503 e. The van der Waals surface area contributed by atoms with Crippen LogP contribution in [0.5, 0.6) is 0 Å². The maximum Gasteiger partial charge on any atom is 0.290 e. The molecule has 24 heavy (non-hydrogen) atoms. The molecule has 1 atom stereocenters. The van der Waals surface area contributed by atoms with E-state index in [0.29, 0.717) is 5.02 Å². The van der Waals surface area contributed by atoms with Crippen molar-refractivity contribution in [1.29, 1.82) is 0 Å². The van der Waals surface area contributed by atoms with Gasteiger partial charge in [0.1, 0.15) is 0 Å². The number of Topliss-reactive ketones (excluding diaryl/α,β-unsaturated/α-hetero) is 1. The highest BCUT2D eigenvalue weighted by Crippen LogP contribution is 2.42. The van der Waals surface area contributed by atoms with Crippen molar-refractivity contribution >= 4 is 23.3 Å². The number of carbonyl (C=O) groups excluding carboxylic acids is 2. The van der Waals surface area contributed by atoms with Gasteiger partial charge in [-0.3, -0.25) is 9.59 Å². The molecule has 2 aliphatic rings. The molecule has 5 heteroatoms. The second-order valence-corrected chi connectivity index (χ2v) is 6.93. The summed E-state index contributed by atoms with van der Waals surface area (Å²) in [6, 6.07) is 6.73. The Morgan fingerprint density at radius 3 is 2.42 bits per heavy atom. The summed E-state index contributed by atoms with van der Waals surface area (Å²) >= 11 is 5.98. The molecule has 0 bridgehead atoms. The number of hydrogen-bond acceptors (Lipinski definition) is 3. The molecule has 0 spiro atoms. The number of halogens is 1. The van der Waals surface area contributed by atoms with Crippen molar-refractivity contribution < 1.29 is 14.7 Å². The second-order valence-electron chi connectivity index (χ2n) is 6.50. The van der Waals surface area contributed by atoms with Crippen LogP contribution in [-0.2, 0) is 9.59 Å². The number of aliphatic hydroxyl groups is 1. The van der Waals surface area contributed by atoms with Crippen molar-refractivity contribution in [2.45, 2.75) is 57.5 Å². The van der Waals surface area contributed by atoms with Crippen LogP contribution in [0.1, 0.15) is 57.1 Å². The minimum absolute atomic E-state index is 0.0660. The molecule has 0 radical (unpaired) electrons. The van der Waals surface area contributed by atoms with Gasteiger partial charge in [0.25, 0.3) is 5.91 Å². The van der Waals surface area contributed by atoms with E-state index in [-0.39, 0.29) is 29.6 Å². The lowest BCUT2D eigenvalue weighted by molar-refractivity contribution is -0.132. The first kappa shape index (κ1) is 17.0. The van der Waals surface area contributed by atoms with Crippen molar-refractivity contribution in [2.75, 3.05) is 0 Å². The number of ketones is 1. The minimum atomic E-state index is -0.509. The van der Waals surface area contributed by atoms with Gasteiger partial charge in [-0.25, -0.2) is 0 Å². The van der Waals surface area contributed by atoms with E-state index in [9.17, 15) is 14.7 Å². The van der Waals surface area contributed by atoms with Gasteiger partial charge in [0, 0.05) is 17.5 Å². The van der Waals surface area contributed by atoms with Crippen LogP contribution in [-0.4, -0.2) is 27.7 Å². The average molecular weight is 348 g/mol. The van der Waals surface area contributed by atoms with Crippen LogP contribution in [0.2, 0.25) is 5.02 Å². The van der Waals surface area contributed by atoms with Crippen LogP contribution >= 0.6 is 11.6 Å². The summed E-state index contributed by atoms with van der Waals surface area (Å²) in [5.41, 5.74) is 1.05. The van der Waals surface area contributed by atoms with Crippen molar-refractivity contribution in [1.82, 2.24) is 4.90 Å². The Morgan fingerprint density at radius 2 is 1.83 bits per heavy atom. The number of aliphatic hydroxyl groups excluding tert-OH is 1. The number of benzene rings is 1. The molecule has 1 aromatic rings. The van der Waals surface area contributed by atoms with Gasteiger partial charge in [0.2, 0.25) is 0 Å². The fourth-order valence-corrected chi connectivity index (χ4v) is 3.93. The first-order chi connectivity index (χ1) is 11.5. The average Bonchev–Trinajstić information content (AvgIpc) is 2.87. The van der Waals surface area contributed by atoms with Crippen LogP contribution in [0.4, 0.5) is 0 Å². The summed E-state index contributed by atoms with van der Waals surface area (Å²) in [5.74, 6) is -0.981. The molecule has 1 amide bonds. The lowest BCUT2D eigenvalue weighted by atomic mass is 9.90. The summed E-state index contributed by atoms with van der Waals surface area (Å²) < 4.78 is 0. The third-order valence-electron chi connectivity index (χ3n) is 5.02. The molecule has 1 N–H and O–H groups in total. The van der Waals surface area contributed by atoms with Gasteiger partial charge >= 0.3 is 0 Å². The van der Waals surface area contributed by atoms with Gasteiger partial charge in [-0.15, -0.1) is 0 Å². The van der Waals surface area contributed by atoms with Gasteiger partial charge in [-0.1, -0.05) is 49.9 Å². The summed E-state index contributed by atoms with van der Waals surface area (Å²) in [6.45, 7) is 1.75. The Hall–Kier alpha value is -1.81. The number of hydrogen-bond donors (Lipinski definition) is 1. The van der Waals surface area contributed by atoms with E-state index in [4.69, 9.17) is 11.6 Å². The fraction of sp³-hybridized carbons (Fsp3) is 0.474. The number of rotatable bonds is 4. The normalized spacial score (nSPS) is 22.3. The zero-order valence-corrected chi connectivity index (χ0v) is 14.6. The zero-order chi connectivity index (χ0) is 17.3. The molecule has 1 unspecified atom stereocenters. The van der Waals surface area contributed by atoms with Gasteiger partial charge < -0.3 is 10.0 Å². The molecule has 1 aliphatic carbocycles. The quantitative estimate of drug-likeness (QED) is 0.881. The highest BCUT2D eigenvalue weighted by atomic mass is 35.5. The van der Waals surface area contributed by atoms with Crippen molar-refractivity contribution in [3.8, 4) is 0 Å². The van der Waals surface area contributed by atoms with Crippen LogP contribution in [0.15, 0.2) is 35.6 Å². The van der Waals surface area contributed by atoms with Gasteiger partial charge in [0.15, 0.2) is 11.5 Å². The molecule has 0 saturated heterocycles. The predicted molar refractivity (Wildman–Crippen MR) is 92.9 cm³/mol. The van der Waals surface area contributed by atoms with Crippen LogP contribution in [0.25, 0.3) is 0 Å². The lowest BCUT2D eigenvalue weighted by Crippen LogP contribution is -2.41. The van der Waals surface area contributed by atoms with Crippen molar-refractivity contribution in [3.05, 3.63) is 46.2 Å². The molecule has 1 fully saturated rings. The molecule has 1 aromatic carbocycles. The molecule has 1 aliphatic heterocycles.